The minimum absolute atomic E-state index is 0.0638. The van der Waals surface area contributed by atoms with E-state index in [4.69, 9.17) is 9.47 Å². The lowest BCUT2D eigenvalue weighted by Crippen LogP contribution is -2.46. The second-order valence-electron chi connectivity index (χ2n) is 8.08. The van der Waals surface area contributed by atoms with Gasteiger partial charge in [0.05, 0.1) is 18.6 Å². The van der Waals surface area contributed by atoms with Crippen molar-refractivity contribution in [1.82, 2.24) is 4.90 Å². The molecule has 0 saturated carbocycles. The minimum Gasteiger partial charge on any atom is -0.462 e. The van der Waals surface area contributed by atoms with Crippen LogP contribution in [0.15, 0.2) is 30.3 Å². The van der Waals surface area contributed by atoms with Gasteiger partial charge in [-0.1, -0.05) is 44.2 Å². The maximum Gasteiger partial charge on any atom is 0.316 e. The number of aliphatic hydroxyl groups is 1. The first-order chi connectivity index (χ1) is 13.4. The number of likely N-dealkylation sites (N-methyl/N-ethyl adjacent to an activating group) is 1. The summed E-state index contributed by atoms with van der Waals surface area (Å²) in [5.74, 6) is -1.31. The Bertz CT molecular complexity index is 679. The van der Waals surface area contributed by atoms with Gasteiger partial charge in [0, 0.05) is 25.3 Å². The molecule has 2 fully saturated rings. The molecule has 2 aliphatic heterocycles. The molecule has 3 rings (SSSR count). The Morgan fingerprint density at radius 3 is 2.50 bits per heavy atom. The van der Waals surface area contributed by atoms with Gasteiger partial charge in [0.2, 0.25) is 0 Å². The van der Waals surface area contributed by atoms with Crippen LogP contribution in [0.25, 0.3) is 0 Å². The molecule has 0 aromatic heterocycles. The molecule has 1 N–H and O–H groups in total. The van der Waals surface area contributed by atoms with Crippen LogP contribution in [-0.2, 0) is 19.1 Å². The first-order valence-electron chi connectivity index (χ1n) is 10.2. The molecule has 2 bridgehead atoms. The van der Waals surface area contributed by atoms with E-state index in [9.17, 15) is 14.7 Å². The molecule has 6 atom stereocenters. The van der Waals surface area contributed by atoms with Crippen LogP contribution in [0.3, 0.4) is 0 Å². The van der Waals surface area contributed by atoms with E-state index in [2.05, 4.69) is 4.90 Å². The fourth-order valence-corrected chi connectivity index (χ4v) is 4.28. The van der Waals surface area contributed by atoms with Crippen molar-refractivity contribution < 1.29 is 24.2 Å². The summed E-state index contributed by atoms with van der Waals surface area (Å²) in [7, 11) is 2.05. The van der Waals surface area contributed by atoms with Gasteiger partial charge in [0.1, 0.15) is 18.1 Å². The number of carbonyl (C=O) groups is 2. The van der Waals surface area contributed by atoms with Gasteiger partial charge in [0.25, 0.3) is 0 Å². The molecule has 0 amide bonds. The van der Waals surface area contributed by atoms with E-state index in [-0.39, 0.29) is 42.8 Å². The van der Waals surface area contributed by atoms with Crippen LogP contribution >= 0.6 is 0 Å². The van der Waals surface area contributed by atoms with E-state index in [1.807, 2.05) is 51.2 Å². The van der Waals surface area contributed by atoms with Crippen molar-refractivity contribution in [3.63, 3.8) is 0 Å². The third kappa shape index (κ3) is 4.39. The highest BCUT2D eigenvalue weighted by Crippen LogP contribution is 2.38. The number of aliphatic hydroxyl groups excluding tert-OH is 1. The van der Waals surface area contributed by atoms with Crippen molar-refractivity contribution >= 4 is 11.9 Å². The quantitative estimate of drug-likeness (QED) is 0.722. The molecule has 0 aliphatic carbocycles. The molecular formula is C22H31NO5. The van der Waals surface area contributed by atoms with Crippen molar-refractivity contribution in [3.8, 4) is 0 Å². The molecule has 2 aliphatic rings. The Morgan fingerprint density at radius 1 is 1.14 bits per heavy atom. The summed E-state index contributed by atoms with van der Waals surface area (Å²) < 4.78 is 11.6. The van der Waals surface area contributed by atoms with E-state index < -0.39 is 11.9 Å². The zero-order chi connectivity index (χ0) is 20.3. The Hall–Kier alpha value is -1.92. The van der Waals surface area contributed by atoms with Gasteiger partial charge < -0.3 is 14.6 Å². The lowest BCUT2D eigenvalue weighted by Gasteiger charge is -2.36. The lowest BCUT2D eigenvalue weighted by atomic mass is 9.98. The average Bonchev–Trinajstić information content (AvgIpc) is 2.86. The summed E-state index contributed by atoms with van der Waals surface area (Å²) in [6.07, 6.45) is 2.54. The summed E-state index contributed by atoms with van der Waals surface area (Å²) in [4.78, 5) is 27.1. The Morgan fingerprint density at radius 2 is 1.86 bits per heavy atom. The normalized spacial score (nSPS) is 29.1. The predicted molar refractivity (Wildman–Crippen MR) is 105 cm³/mol. The second kappa shape index (κ2) is 9.05. The molecule has 154 valence electrons. The van der Waals surface area contributed by atoms with Crippen molar-refractivity contribution in [2.75, 3.05) is 13.7 Å². The van der Waals surface area contributed by atoms with E-state index in [0.29, 0.717) is 6.42 Å². The zero-order valence-corrected chi connectivity index (χ0v) is 16.9. The average molecular weight is 389 g/mol. The second-order valence-corrected chi connectivity index (χ2v) is 8.08. The van der Waals surface area contributed by atoms with Crippen molar-refractivity contribution in [3.05, 3.63) is 35.9 Å². The van der Waals surface area contributed by atoms with E-state index in [0.717, 1.165) is 24.8 Å². The van der Waals surface area contributed by atoms with E-state index in [1.165, 1.54) is 0 Å². The molecule has 1 unspecified atom stereocenters. The molecule has 2 saturated heterocycles. The molecule has 2 heterocycles. The van der Waals surface area contributed by atoms with Gasteiger partial charge in [-0.15, -0.1) is 0 Å². The summed E-state index contributed by atoms with van der Waals surface area (Å²) in [6, 6.07) is 9.51. The maximum atomic E-state index is 12.7. The van der Waals surface area contributed by atoms with Crippen LogP contribution in [0, 0.1) is 5.92 Å². The fourth-order valence-electron chi connectivity index (χ4n) is 4.28. The highest BCUT2D eigenvalue weighted by molar-refractivity contribution is 5.78. The number of ether oxygens (including phenoxy) is 2. The smallest absolute Gasteiger partial charge is 0.316 e. The van der Waals surface area contributed by atoms with Gasteiger partial charge in [-0.2, -0.15) is 0 Å². The molecule has 28 heavy (non-hydrogen) atoms. The Labute approximate surface area is 166 Å². The number of hydrogen-bond acceptors (Lipinski definition) is 6. The molecule has 0 spiro atoms. The Kier molecular flexibility index (Phi) is 6.73. The summed E-state index contributed by atoms with van der Waals surface area (Å²) >= 11 is 0. The van der Waals surface area contributed by atoms with Gasteiger partial charge in [0.15, 0.2) is 0 Å². The molecular weight excluding hydrogens is 358 g/mol. The number of carbonyl (C=O) groups excluding carboxylic acids is 2. The van der Waals surface area contributed by atoms with Crippen LogP contribution in [0.2, 0.25) is 0 Å². The van der Waals surface area contributed by atoms with Crippen LogP contribution in [0.5, 0.6) is 0 Å². The van der Waals surface area contributed by atoms with Gasteiger partial charge in [-0.05, 0) is 19.0 Å². The van der Waals surface area contributed by atoms with Crippen LogP contribution in [-0.4, -0.2) is 59.9 Å². The number of esters is 2. The first kappa shape index (κ1) is 20.8. The number of rotatable bonds is 7. The predicted octanol–water partition coefficient (Wildman–Crippen LogP) is 2.50. The van der Waals surface area contributed by atoms with Crippen molar-refractivity contribution in [1.29, 1.82) is 0 Å². The highest BCUT2D eigenvalue weighted by Gasteiger charge is 2.48. The number of fused-ring (bicyclic) bond motifs is 2. The molecule has 0 radical (unpaired) electrons. The monoisotopic (exact) mass is 389 g/mol. The molecule has 1 aromatic rings. The van der Waals surface area contributed by atoms with Crippen LogP contribution < -0.4 is 0 Å². The standard InChI is InChI=1S/C22H31NO5/c1-4-14(2)21(25)28-20-11-16-10-17(12-19(20)23(16)3)27-22(26)18(13-24)15-8-6-5-7-9-15/h5-9,14,16-20,24H,4,10-13H2,1-3H3/t14?,16-,17-,18-,19+,20-/m1/s1. The van der Waals surface area contributed by atoms with Crippen molar-refractivity contribution in [2.24, 2.45) is 5.92 Å². The van der Waals surface area contributed by atoms with Crippen molar-refractivity contribution in [2.45, 2.75) is 69.7 Å². The number of piperidine rings is 1. The van der Waals surface area contributed by atoms with Crippen LogP contribution in [0.4, 0.5) is 0 Å². The number of hydrogen-bond donors (Lipinski definition) is 1. The maximum absolute atomic E-state index is 12.7. The van der Waals surface area contributed by atoms with E-state index in [1.54, 1.807) is 0 Å². The number of benzene rings is 1. The van der Waals surface area contributed by atoms with Gasteiger partial charge >= 0.3 is 11.9 Å². The van der Waals surface area contributed by atoms with Gasteiger partial charge in [-0.25, -0.2) is 0 Å². The summed E-state index contributed by atoms with van der Waals surface area (Å²) in [5.41, 5.74) is 0.756. The zero-order valence-electron chi connectivity index (χ0n) is 16.9. The summed E-state index contributed by atoms with van der Waals surface area (Å²) in [6.45, 7) is 3.58. The highest BCUT2D eigenvalue weighted by atomic mass is 16.6. The minimum atomic E-state index is -0.669. The first-order valence-corrected chi connectivity index (χ1v) is 10.2. The van der Waals surface area contributed by atoms with Gasteiger partial charge in [-0.3, -0.25) is 14.5 Å². The van der Waals surface area contributed by atoms with E-state index >= 15 is 0 Å². The largest absolute Gasteiger partial charge is 0.462 e. The topological polar surface area (TPSA) is 76.1 Å². The number of nitrogens with zero attached hydrogens (tertiary/aromatic N) is 1. The lowest BCUT2D eigenvalue weighted by molar-refractivity contribution is -0.159. The third-order valence-corrected chi connectivity index (χ3v) is 6.31. The fraction of sp³-hybridized carbons (Fsp3) is 0.636. The van der Waals surface area contributed by atoms with Crippen LogP contribution in [0.1, 0.15) is 51.0 Å². The Balaban J connectivity index is 1.62. The molecule has 1 aromatic carbocycles. The molecule has 6 nitrogen and oxygen atoms in total. The SMILES string of the molecule is CCC(C)C(=O)O[C@@H]1C[C@H]2C[C@@H](OC(=O)[C@H](CO)c3ccccc3)C[C@@H]1N2C. The summed E-state index contributed by atoms with van der Waals surface area (Å²) in [5, 5.41) is 9.69. The molecule has 6 heteroatoms. The third-order valence-electron chi connectivity index (χ3n) is 6.31.